The third-order valence-electron chi connectivity index (χ3n) is 3.29. The van der Waals surface area contributed by atoms with Crippen molar-refractivity contribution >= 4 is 0 Å². The van der Waals surface area contributed by atoms with E-state index in [0.717, 1.165) is 51.5 Å². The van der Waals surface area contributed by atoms with Gasteiger partial charge in [0.1, 0.15) is 5.75 Å². The topological polar surface area (TPSA) is 30.5 Å². The van der Waals surface area contributed by atoms with Crippen LogP contribution < -0.4 is 10.1 Å². The van der Waals surface area contributed by atoms with Gasteiger partial charge in [0.2, 0.25) is 0 Å². The number of hydrogen-bond acceptors (Lipinski definition) is 3. The number of nitrogens with one attached hydrogen (secondary N) is 1. The molecule has 0 bridgehead atoms. The fraction of sp³-hybridized carbons (Fsp3) is 0.368. The van der Waals surface area contributed by atoms with Gasteiger partial charge in [0, 0.05) is 19.7 Å². The van der Waals surface area contributed by atoms with Crippen molar-refractivity contribution in [1.29, 1.82) is 0 Å². The molecule has 0 aliphatic heterocycles. The van der Waals surface area contributed by atoms with Crippen molar-refractivity contribution in [3.05, 3.63) is 66.2 Å². The Kier molecular flexibility index (Phi) is 8.13. The Bertz CT molecular complexity index is 440. The summed E-state index contributed by atoms with van der Waals surface area (Å²) >= 11 is 0. The first-order chi connectivity index (χ1) is 10.9. The van der Waals surface area contributed by atoms with Crippen molar-refractivity contribution in [1.82, 2.24) is 5.32 Å². The lowest BCUT2D eigenvalue weighted by atomic mass is 10.2. The molecule has 2 aromatic carbocycles. The second kappa shape index (κ2) is 10.8. The number of para-hydroxylation sites is 1. The molecule has 0 radical (unpaired) electrons. The van der Waals surface area contributed by atoms with Gasteiger partial charge in [-0.25, -0.2) is 0 Å². The standard InChI is InChI=1S/C19H25NO2/c1-3-9-18(10-4-1)17-20-13-16-21-14-7-8-15-22-19-11-5-2-6-12-19/h1-6,9-12,20H,7-8,13-17H2. The summed E-state index contributed by atoms with van der Waals surface area (Å²) in [6.45, 7) is 4.09. The van der Waals surface area contributed by atoms with E-state index < -0.39 is 0 Å². The van der Waals surface area contributed by atoms with Gasteiger partial charge in [0.05, 0.1) is 13.2 Å². The van der Waals surface area contributed by atoms with Crippen LogP contribution in [-0.2, 0) is 11.3 Å². The predicted octanol–water partition coefficient (Wildman–Crippen LogP) is 3.65. The molecule has 0 saturated carbocycles. The van der Waals surface area contributed by atoms with E-state index in [2.05, 4.69) is 29.6 Å². The summed E-state index contributed by atoms with van der Waals surface area (Å²) in [4.78, 5) is 0. The first kappa shape index (κ1) is 16.5. The lowest BCUT2D eigenvalue weighted by molar-refractivity contribution is 0.128. The zero-order chi connectivity index (χ0) is 15.3. The van der Waals surface area contributed by atoms with Gasteiger partial charge < -0.3 is 14.8 Å². The minimum absolute atomic E-state index is 0.750. The highest BCUT2D eigenvalue weighted by molar-refractivity contribution is 5.20. The van der Waals surface area contributed by atoms with Crippen molar-refractivity contribution in [3.8, 4) is 5.75 Å². The predicted molar refractivity (Wildman–Crippen MR) is 90.1 cm³/mol. The molecule has 2 aromatic rings. The van der Waals surface area contributed by atoms with E-state index in [1.807, 2.05) is 36.4 Å². The van der Waals surface area contributed by atoms with Gasteiger partial charge in [0.15, 0.2) is 0 Å². The fourth-order valence-electron chi connectivity index (χ4n) is 2.09. The summed E-state index contributed by atoms with van der Waals surface area (Å²) in [7, 11) is 0. The van der Waals surface area contributed by atoms with Crippen LogP contribution in [0.1, 0.15) is 18.4 Å². The van der Waals surface area contributed by atoms with Crippen molar-refractivity contribution < 1.29 is 9.47 Å². The van der Waals surface area contributed by atoms with Crippen LogP contribution in [0.15, 0.2) is 60.7 Å². The highest BCUT2D eigenvalue weighted by atomic mass is 16.5. The van der Waals surface area contributed by atoms with Gasteiger partial charge in [-0.3, -0.25) is 0 Å². The Balaban J connectivity index is 1.37. The summed E-state index contributed by atoms with van der Waals surface area (Å²) in [6.07, 6.45) is 2.05. The van der Waals surface area contributed by atoms with Crippen molar-refractivity contribution in [3.63, 3.8) is 0 Å². The van der Waals surface area contributed by atoms with Gasteiger partial charge >= 0.3 is 0 Å². The van der Waals surface area contributed by atoms with Crippen LogP contribution in [0, 0.1) is 0 Å². The van der Waals surface area contributed by atoms with Crippen LogP contribution >= 0.6 is 0 Å². The van der Waals surface area contributed by atoms with Crippen molar-refractivity contribution in [2.75, 3.05) is 26.4 Å². The molecule has 0 spiro atoms. The third-order valence-corrected chi connectivity index (χ3v) is 3.29. The Hall–Kier alpha value is -1.84. The average molecular weight is 299 g/mol. The maximum atomic E-state index is 5.63. The van der Waals surface area contributed by atoms with E-state index in [1.54, 1.807) is 0 Å². The molecule has 118 valence electrons. The van der Waals surface area contributed by atoms with Gasteiger partial charge in [-0.15, -0.1) is 0 Å². The molecule has 0 heterocycles. The van der Waals surface area contributed by atoms with Crippen LogP contribution in [0.3, 0.4) is 0 Å². The van der Waals surface area contributed by atoms with Gasteiger partial charge in [-0.05, 0) is 30.5 Å². The largest absolute Gasteiger partial charge is 0.494 e. The first-order valence-electron chi connectivity index (χ1n) is 7.95. The summed E-state index contributed by atoms with van der Waals surface area (Å²) < 4.78 is 11.2. The molecule has 2 rings (SSSR count). The second-order valence-corrected chi connectivity index (χ2v) is 5.14. The van der Waals surface area contributed by atoms with Gasteiger partial charge in [-0.2, -0.15) is 0 Å². The Labute approximate surface area is 133 Å². The maximum Gasteiger partial charge on any atom is 0.119 e. The molecule has 0 aliphatic rings. The molecule has 0 fully saturated rings. The first-order valence-corrected chi connectivity index (χ1v) is 7.95. The summed E-state index contributed by atoms with van der Waals surface area (Å²) in [5, 5.41) is 3.38. The molecule has 22 heavy (non-hydrogen) atoms. The monoisotopic (exact) mass is 299 g/mol. The Morgan fingerprint density at radius 1 is 0.727 bits per heavy atom. The molecule has 1 N–H and O–H groups in total. The Morgan fingerprint density at radius 2 is 1.41 bits per heavy atom. The number of ether oxygens (including phenoxy) is 2. The molecule has 0 saturated heterocycles. The summed E-state index contributed by atoms with van der Waals surface area (Å²) in [5.41, 5.74) is 1.31. The zero-order valence-corrected chi connectivity index (χ0v) is 13.0. The summed E-state index contributed by atoms with van der Waals surface area (Å²) in [6, 6.07) is 20.3. The molecule has 3 heteroatoms. The molecule has 0 aromatic heterocycles. The lowest BCUT2D eigenvalue weighted by Gasteiger charge is -2.07. The zero-order valence-electron chi connectivity index (χ0n) is 13.0. The highest BCUT2D eigenvalue weighted by Crippen LogP contribution is 2.08. The van der Waals surface area contributed by atoms with E-state index in [9.17, 15) is 0 Å². The van der Waals surface area contributed by atoms with E-state index in [0.29, 0.717) is 0 Å². The van der Waals surface area contributed by atoms with Crippen LogP contribution in [0.25, 0.3) is 0 Å². The van der Waals surface area contributed by atoms with Gasteiger partial charge in [0.25, 0.3) is 0 Å². The number of unbranched alkanes of at least 4 members (excludes halogenated alkanes) is 1. The van der Waals surface area contributed by atoms with Gasteiger partial charge in [-0.1, -0.05) is 48.5 Å². The van der Waals surface area contributed by atoms with Crippen LogP contribution in [0.2, 0.25) is 0 Å². The fourth-order valence-corrected chi connectivity index (χ4v) is 2.09. The van der Waals surface area contributed by atoms with Crippen LogP contribution in [-0.4, -0.2) is 26.4 Å². The van der Waals surface area contributed by atoms with Crippen LogP contribution in [0.4, 0.5) is 0 Å². The molecule has 0 aliphatic carbocycles. The number of benzene rings is 2. The average Bonchev–Trinajstić information content (AvgIpc) is 2.58. The molecule has 0 unspecified atom stereocenters. The molecular weight excluding hydrogens is 274 g/mol. The van der Waals surface area contributed by atoms with Crippen molar-refractivity contribution in [2.45, 2.75) is 19.4 Å². The maximum absolute atomic E-state index is 5.63. The Morgan fingerprint density at radius 3 is 2.18 bits per heavy atom. The molecule has 0 atom stereocenters. The molecular formula is C19H25NO2. The highest BCUT2D eigenvalue weighted by Gasteiger charge is 1.94. The van der Waals surface area contributed by atoms with E-state index in [1.165, 1.54) is 5.56 Å². The summed E-state index contributed by atoms with van der Waals surface area (Å²) in [5.74, 6) is 0.938. The third kappa shape index (κ3) is 7.25. The molecule has 0 amide bonds. The normalized spacial score (nSPS) is 10.5. The minimum Gasteiger partial charge on any atom is -0.494 e. The van der Waals surface area contributed by atoms with Crippen molar-refractivity contribution in [2.24, 2.45) is 0 Å². The minimum atomic E-state index is 0.750. The second-order valence-electron chi connectivity index (χ2n) is 5.14. The molecule has 3 nitrogen and oxygen atoms in total. The SMILES string of the molecule is c1ccc(CNCCOCCCCOc2ccccc2)cc1. The quantitative estimate of drug-likeness (QED) is 0.642. The van der Waals surface area contributed by atoms with E-state index in [4.69, 9.17) is 9.47 Å². The smallest absolute Gasteiger partial charge is 0.119 e. The van der Waals surface area contributed by atoms with Crippen LogP contribution in [0.5, 0.6) is 5.75 Å². The number of rotatable bonds is 11. The van der Waals surface area contributed by atoms with E-state index >= 15 is 0 Å². The van der Waals surface area contributed by atoms with E-state index in [-0.39, 0.29) is 0 Å². The lowest BCUT2D eigenvalue weighted by Crippen LogP contribution is -2.19. The number of hydrogen-bond donors (Lipinski definition) is 1.